The molecule has 0 atom stereocenters. The van der Waals surface area contributed by atoms with Crippen LogP contribution in [0.25, 0.3) is 16.9 Å². The molecule has 4 rings (SSSR count). The average molecular weight is 400 g/mol. The molecular weight excluding hydrogens is 380 g/mol. The Morgan fingerprint density at radius 2 is 1.83 bits per heavy atom. The first kappa shape index (κ1) is 19.1. The van der Waals surface area contributed by atoms with Crippen LogP contribution in [0, 0.1) is 10.1 Å². The second-order valence-electron chi connectivity index (χ2n) is 6.89. The van der Waals surface area contributed by atoms with E-state index >= 15 is 0 Å². The Bertz CT molecular complexity index is 1190. The zero-order valence-corrected chi connectivity index (χ0v) is 16.6. The summed E-state index contributed by atoms with van der Waals surface area (Å²) in [6, 6.07) is 18.3. The Kier molecular flexibility index (Phi) is 5.13. The number of nitro benzene ring substituents is 1. The van der Waals surface area contributed by atoms with Gasteiger partial charge >= 0.3 is 0 Å². The van der Waals surface area contributed by atoms with Crippen LogP contribution >= 0.6 is 0 Å². The molecule has 0 radical (unpaired) electrons. The van der Waals surface area contributed by atoms with Gasteiger partial charge < -0.3 is 14.8 Å². The summed E-state index contributed by atoms with van der Waals surface area (Å²) in [6.45, 7) is 0. The van der Waals surface area contributed by atoms with Crippen molar-refractivity contribution < 1.29 is 4.92 Å². The summed E-state index contributed by atoms with van der Waals surface area (Å²) in [5, 5.41) is 14.8. The summed E-state index contributed by atoms with van der Waals surface area (Å²) in [6.07, 6.45) is 5.40. The third-order valence-electron chi connectivity index (χ3n) is 4.56. The quantitative estimate of drug-likeness (QED) is 0.374. The van der Waals surface area contributed by atoms with Gasteiger partial charge in [-0.15, -0.1) is 0 Å². The molecular formula is C22H20N6O2. The summed E-state index contributed by atoms with van der Waals surface area (Å²) in [5.74, 6) is 0.613. The van der Waals surface area contributed by atoms with Crippen LogP contribution in [0.5, 0.6) is 0 Å². The van der Waals surface area contributed by atoms with Gasteiger partial charge in [-0.1, -0.05) is 12.1 Å². The highest BCUT2D eigenvalue weighted by Gasteiger charge is 2.16. The summed E-state index contributed by atoms with van der Waals surface area (Å²) < 4.78 is 1.83. The van der Waals surface area contributed by atoms with E-state index in [1.807, 2.05) is 84.5 Å². The highest BCUT2D eigenvalue weighted by molar-refractivity contribution is 5.74. The molecule has 2 aromatic heterocycles. The molecule has 0 saturated heterocycles. The van der Waals surface area contributed by atoms with Crippen LogP contribution in [0.3, 0.4) is 0 Å². The molecule has 150 valence electrons. The number of benzene rings is 2. The number of hydrogen-bond donors (Lipinski definition) is 1. The minimum absolute atomic E-state index is 0.00327. The lowest BCUT2D eigenvalue weighted by Crippen LogP contribution is -2.12. The molecule has 2 aromatic carbocycles. The largest absolute Gasteiger partial charge is 0.350 e. The molecule has 0 fully saturated rings. The van der Waals surface area contributed by atoms with Crippen molar-refractivity contribution in [2.24, 2.45) is 0 Å². The molecule has 0 aliphatic heterocycles. The van der Waals surface area contributed by atoms with Gasteiger partial charge in [0.15, 0.2) is 0 Å². The van der Waals surface area contributed by atoms with Crippen molar-refractivity contribution in [1.29, 1.82) is 0 Å². The van der Waals surface area contributed by atoms with Crippen LogP contribution in [0.15, 0.2) is 79.3 Å². The van der Waals surface area contributed by atoms with Crippen LogP contribution in [0.1, 0.15) is 0 Å². The van der Waals surface area contributed by atoms with E-state index in [1.165, 1.54) is 0 Å². The molecule has 30 heavy (non-hydrogen) atoms. The molecule has 1 N–H and O–H groups in total. The lowest BCUT2D eigenvalue weighted by Gasteiger charge is -2.12. The number of nitrogens with zero attached hydrogens (tertiary/aromatic N) is 5. The summed E-state index contributed by atoms with van der Waals surface area (Å²) in [7, 11) is 3.77. The molecule has 0 amide bonds. The van der Waals surface area contributed by atoms with Crippen molar-refractivity contribution in [3.05, 3.63) is 89.4 Å². The van der Waals surface area contributed by atoms with E-state index in [-0.39, 0.29) is 10.6 Å². The van der Waals surface area contributed by atoms with Crippen LogP contribution in [-0.4, -0.2) is 33.6 Å². The van der Waals surface area contributed by atoms with E-state index in [2.05, 4.69) is 15.3 Å². The van der Waals surface area contributed by atoms with Crippen LogP contribution in [0.4, 0.5) is 23.0 Å². The maximum absolute atomic E-state index is 11.7. The molecule has 8 heteroatoms. The second-order valence-corrected chi connectivity index (χ2v) is 6.89. The molecule has 0 saturated carbocycles. The first-order valence-electron chi connectivity index (χ1n) is 9.31. The van der Waals surface area contributed by atoms with Gasteiger partial charge in [-0.25, -0.2) is 9.97 Å². The summed E-state index contributed by atoms with van der Waals surface area (Å²) >= 11 is 0. The fraction of sp³-hybridized carbons (Fsp3) is 0.0909. The number of nitro groups is 1. The Morgan fingerprint density at radius 3 is 2.57 bits per heavy atom. The fourth-order valence-electron chi connectivity index (χ4n) is 3.08. The lowest BCUT2D eigenvalue weighted by molar-refractivity contribution is -0.383. The van der Waals surface area contributed by atoms with Gasteiger partial charge in [-0.05, 0) is 42.5 Å². The maximum Gasteiger partial charge on any atom is 0.294 e. The van der Waals surface area contributed by atoms with E-state index in [0.717, 1.165) is 22.6 Å². The third-order valence-corrected chi connectivity index (χ3v) is 4.56. The predicted molar refractivity (Wildman–Crippen MR) is 118 cm³/mol. The number of rotatable bonds is 6. The number of anilines is 3. The molecule has 0 aliphatic rings. The monoisotopic (exact) mass is 400 g/mol. The number of aromatic nitrogens is 3. The topological polar surface area (TPSA) is 89.1 Å². The molecule has 0 unspecified atom stereocenters. The lowest BCUT2D eigenvalue weighted by atomic mass is 10.1. The molecule has 0 bridgehead atoms. The van der Waals surface area contributed by atoms with Gasteiger partial charge in [0.25, 0.3) is 5.69 Å². The SMILES string of the molecule is CN(C)c1nccc(-c2cccc(Nc3ccc(-n4cccc4)cc3[N+](=O)[O-])c2)n1. The van der Waals surface area contributed by atoms with E-state index in [9.17, 15) is 10.1 Å². The smallest absolute Gasteiger partial charge is 0.294 e. The highest BCUT2D eigenvalue weighted by atomic mass is 16.6. The maximum atomic E-state index is 11.7. The van der Waals surface area contributed by atoms with Gasteiger partial charge in [0.05, 0.1) is 16.3 Å². The Hall–Kier alpha value is -4.20. The first-order valence-corrected chi connectivity index (χ1v) is 9.31. The highest BCUT2D eigenvalue weighted by Crippen LogP contribution is 2.31. The third kappa shape index (κ3) is 3.97. The number of nitrogens with one attached hydrogen (secondary N) is 1. The standard InChI is InChI=1S/C22H20N6O2/c1-26(2)22-23-11-10-19(25-22)16-6-5-7-17(14-16)24-20-9-8-18(15-21(20)28(29)30)27-12-3-4-13-27/h3-15,24H,1-2H3. The van der Waals surface area contributed by atoms with E-state index < -0.39 is 0 Å². The minimum atomic E-state index is -0.382. The second kappa shape index (κ2) is 8.04. The van der Waals surface area contributed by atoms with Crippen LogP contribution in [0.2, 0.25) is 0 Å². The van der Waals surface area contributed by atoms with Gasteiger partial charge in [0.2, 0.25) is 5.95 Å². The van der Waals surface area contributed by atoms with Crippen molar-refractivity contribution in [3.63, 3.8) is 0 Å². The zero-order chi connectivity index (χ0) is 21.1. The average Bonchev–Trinajstić information content (AvgIpc) is 3.29. The Morgan fingerprint density at radius 1 is 1.03 bits per heavy atom. The molecule has 0 aliphatic carbocycles. The minimum Gasteiger partial charge on any atom is -0.350 e. The van der Waals surface area contributed by atoms with Crippen LogP contribution in [-0.2, 0) is 0 Å². The Balaban J connectivity index is 1.66. The number of hydrogen-bond acceptors (Lipinski definition) is 6. The van der Waals surface area contributed by atoms with Gasteiger partial charge in [0, 0.05) is 50.0 Å². The molecule has 8 nitrogen and oxygen atoms in total. The summed E-state index contributed by atoms with van der Waals surface area (Å²) in [5.41, 5.74) is 3.54. The van der Waals surface area contributed by atoms with E-state index in [0.29, 0.717) is 11.6 Å². The molecule has 2 heterocycles. The Labute approximate surface area is 173 Å². The fourth-order valence-corrected chi connectivity index (χ4v) is 3.08. The predicted octanol–water partition coefficient (Wildman–Crippen LogP) is 4.65. The van der Waals surface area contributed by atoms with Gasteiger partial charge in [-0.3, -0.25) is 10.1 Å². The van der Waals surface area contributed by atoms with E-state index in [4.69, 9.17) is 0 Å². The van der Waals surface area contributed by atoms with Crippen LogP contribution < -0.4 is 10.2 Å². The first-order chi connectivity index (χ1) is 14.5. The van der Waals surface area contributed by atoms with Gasteiger partial charge in [0.1, 0.15) is 5.69 Å². The van der Waals surface area contributed by atoms with Gasteiger partial charge in [-0.2, -0.15) is 0 Å². The molecule has 4 aromatic rings. The van der Waals surface area contributed by atoms with E-state index in [1.54, 1.807) is 18.3 Å². The van der Waals surface area contributed by atoms with Crippen molar-refractivity contribution >= 4 is 23.0 Å². The van der Waals surface area contributed by atoms with Crippen molar-refractivity contribution in [3.8, 4) is 16.9 Å². The van der Waals surface area contributed by atoms with Crippen molar-refractivity contribution in [2.45, 2.75) is 0 Å². The molecule has 0 spiro atoms. The summed E-state index contributed by atoms with van der Waals surface area (Å²) in [4.78, 5) is 21.9. The van der Waals surface area contributed by atoms with Crippen molar-refractivity contribution in [2.75, 3.05) is 24.3 Å². The zero-order valence-electron chi connectivity index (χ0n) is 16.6. The van der Waals surface area contributed by atoms with Crippen molar-refractivity contribution in [1.82, 2.24) is 14.5 Å². The normalized spacial score (nSPS) is 10.6.